The predicted octanol–water partition coefficient (Wildman–Crippen LogP) is 2.67. The second-order valence-electron chi connectivity index (χ2n) is 6.89. The maximum atomic E-state index is 12.5. The van der Waals surface area contributed by atoms with E-state index >= 15 is 0 Å². The van der Waals surface area contributed by atoms with Gasteiger partial charge in [-0.25, -0.2) is 8.42 Å². The molecule has 1 aliphatic heterocycles. The Kier molecular flexibility index (Phi) is 5.34. The molecule has 2 unspecified atom stereocenters. The number of aromatic nitrogens is 2. The molecule has 1 aliphatic rings. The van der Waals surface area contributed by atoms with Gasteiger partial charge in [-0.3, -0.25) is 4.79 Å². The summed E-state index contributed by atoms with van der Waals surface area (Å²) in [5.41, 5.74) is 0.511. The highest BCUT2D eigenvalue weighted by molar-refractivity contribution is 7.91. The molecule has 2 heterocycles. The van der Waals surface area contributed by atoms with Crippen molar-refractivity contribution in [3.8, 4) is 11.5 Å². The van der Waals surface area contributed by atoms with Crippen LogP contribution in [0.15, 0.2) is 33.9 Å². The molecule has 2 aromatic rings. The van der Waals surface area contributed by atoms with Gasteiger partial charge in [0.2, 0.25) is 21.6 Å². The van der Waals surface area contributed by atoms with Crippen LogP contribution < -0.4 is 0 Å². The first-order chi connectivity index (χ1) is 12.2. The molecule has 0 saturated carbocycles. The van der Waals surface area contributed by atoms with Crippen LogP contribution in [-0.2, 0) is 14.6 Å². The standard InChI is InChI=1S/C17H20ClN3O4S/c1-11-6-12(2)9-21(8-11)15(22)10-26(23,24)17-20-19-16(25-17)13-4-3-5-14(18)7-13/h3-5,7,11-12H,6,8-10H2,1-2H3. The third kappa shape index (κ3) is 4.24. The monoisotopic (exact) mass is 397 g/mol. The van der Waals surface area contributed by atoms with Crippen LogP contribution in [0.25, 0.3) is 11.5 Å². The average Bonchev–Trinajstić information content (AvgIpc) is 3.04. The summed E-state index contributed by atoms with van der Waals surface area (Å²) in [6.07, 6.45) is 1.03. The van der Waals surface area contributed by atoms with E-state index in [2.05, 4.69) is 24.0 Å². The number of halogens is 1. The molecule has 2 atom stereocenters. The average molecular weight is 398 g/mol. The Hall–Kier alpha value is -1.93. The van der Waals surface area contributed by atoms with Gasteiger partial charge in [0.1, 0.15) is 5.75 Å². The van der Waals surface area contributed by atoms with E-state index in [1.54, 1.807) is 29.2 Å². The number of likely N-dealkylation sites (tertiary alicyclic amines) is 1. The molecule has 7 nitrogen and oxygen atoms in total. The maximum Gasteiger partial charge on any atom is 0.336 e. The number of nitrogens with zero attached hydrogens (tertiary/aromatic N) is 3. The van der Waals surface area contributed by atoms with Gasteiger partial charge in [0.15, 0.2) is 0 Å². The van der Waals surface area contributed by atoms with E-state index in [1.807, 2.05) is 0 Å². The number of hydrogen-bond donors (Lipinski definition) is 0. The van der Waals surface area contributed by atoms with Crippen molar-refractivity contribution >= 4 is 27.3 Å². The summed E-state index contributed by atoms with van der Waals surface area (Å²) < 4.78 is 30.3. The molecule has 9 heteroatoms. The highest BCUT2D eigenvalue weighted by Gasteiger charge is 2.31. The maximum absolute atomic E-state index is 12.5. The molecule has 0 bridgehead atoms. The van der Waals surface area contributed by atoms with Gasteiger partial charge in [-0.05, 0) is 36.5 Å². The number of hydrogen-bond acceptors (Lipinski definition) is 6. The second kappa shape index (κ2) is 7.36. The molecule has 1 aromatic heterocycles. The smallest absolute Gasteiger partial charge is 0.336 e. The fourth-order valence-electron chi connectivity index (χ4n) is 3.26. The molecule has 0 radical (unpaired) electrons. The Morgan fingerprint density at radius 3 is 2.62 bits per heavy atom. The number of benzene rings is 1. The van der Waals surface area contributed by atoms with Crippen LogP contribution in [-0.4, -0.2) is 48.3 Å². The van der Waals surface area contributed by atoms with Crippen LogP contribution in [0.2, 0.25) is 5.02 Å². The largest absolute Gasteiger partial charge is 0.408 e. The van der Waals surface area contributed by atoms with Crippen molar-refractivity contribution in [2.75, 3.05) is 18.8 Å². The molecule has 1 aromatic carbocycles. The summed E-state index contributed by atoms with van der Waals surface area (Å²) in [7, 11) is -4.01. The normalized spacial score (nSPS) is 21.0. The van der Waals surface area contributed by atoms with E-state index in [9.17, 15) is 13.2 Å². The Morgan fingerprint density at radius 2 is 1.96 bits per heavy atom. The van der Waals surface area contributed by atoms with Crippen LogP contribution in [0.4, 0.5) is 0 Å². The molecular formula is C17H20ClN3O4S. The van der Waals surface area contributed by atoms with Crippen LogP contribution in [0, 0.1) is 11.8 Å². The zero-order valence-corrected chi connectivity index (χ0v) is 16.1. The number of amides is 1. The summed E-state index contributed by atoms with van der Waals surface area (Å²) in [5, 5.41) is 7.27. The second-order valence-corrected chi connectivity index (χ2v) is 9.19. The molecule has 1 fully saturated rings. The number of sulfone groups is 1. The quantitative estimate of drug-likeness (QED) is 0.787. The molecule has 3 rings (SSSR count). The van der Waals surface area contributed by atoms with Gasteiger partial charge in [-0.1, -0.05) is 36.6 Å². The van der Waals surface area contributed by atoms with Gasteiger partial charge in [-0.2, -0.15) is 0 Å². The van der Waals surface area contributed by atoms with Gasteiger partial charge in [-0.15, -0.1) is 5.10 Å². The van der Waals surface area contributed by atoms with E-state index in [-0.39, 0.29) is 5.89 Å². The fraction of sp³-hybridized carbons (Fsp3) is 0.471. The van der Waals surface area contributed by atoms with E-state index in [0.717, 1.165) is 6.42 Å². The van der Waals surface area contributed by atoms with Gasteiger partial charge in [0, 0.05) is 23.7 Å². The zero-order chi connectivity index (χ0) is 18.9. The molecule has 0 aliphatic carbocycles. The first-order valence-electron chi connectivity index (χ1n) is 8.34. The Labute approximate surface area is 157 Å². The first-order valence-corrected chi connectivity index (χ1v) is 10.4. The predicted molar refractivity (Wildman–Crippen MR) is 96.3 cm³/mol. The lowest BCUT2D eigenvalue weighted by atomic mass is 9.92. The minimum absolute atomic E-state index is 0.0405. The van der Waals surface area contributed by atoms with Crippen molar-refractivity contribution in [1.82, 2.24) is 15.1 Å². The van der Waals surface area contributed by atoms with E-state index in [0.29, 0.717) is 35.5 Å². The SMILES string of the molecule is CC1CC(C)CN(C(=O)CS(=O)(=O)c2nnc(-c3cccc(Cl)c3)o2)C1. The number of carbonyl (C=O) groups excluding carboxylic acids is 1. The van der Waals surface area contributed by atoms with Crippen molar-refractivity contribution in [2.45, 2.75) is 25.5 Å². The van der Waals surface area contributed by atoms with Crippen molar-refractivity contribution in [1.29, 1.82) is 0 Å². The number of rotatable bonds is 4. The lowest BCUT2D eigenvalue weighted by molar-refractivity contribution is -0.131. The fourth-order valence-corrected chi connectivity index (χ4v) is 4.45. The Bertz CT molecular complexity index is 902. The molecule has 0 N–H and O–H groups in total. The summed E-state index contributed by atoms with van der Waals surface area (Å²) in [6, 6.07) is 6.64. The van der Waals surface area contributed by atoms with Crippen molar-refractivity contribution in [3.05, 3.63) is 29.3 Å². The summed E-state index contributed by atoms with van der Waals surface area (Å²) in [5.74, 6) is -0.375. The molecular weight excluding hydrogens is 378 g/mol. The molecule has 1 amide bonds. The lowest BCUT2D eigenvalue weighted by Crippen LogP contribution is -2.44. The highest BCUT2D eigenvalue weighted by atomic mass is 35.5. The Balaban J connectivity index is 1.75. The van der Waals surface area contributed by atoms with Gasteiger partial charge in [0.25, 0.3) is 0 Å². The number of carbonyl (C=O) groups is 1. The van der Waals surface area contributed by atoms with Crippen LogP contribution in [0.3, 0.4) is 0 Å². The Morgan fingerprint density at radius 1 is 1.27 bits per heavy atom. The van der Waals surface area contributed by atoms with Crippen LogP contribution in [0.5, 0.6) is 0 Å². The van der Waals surface area contributed by atoms with Crippen molar-refractivity contribution in [2.24, 2.45) is 11.8 Å². The van der Waals surface area contributed by atoms with Gasteiger partial charge in [0.05, 0.1) is 0 Å². The summed E-state index contributed by atoms with van der Waals surface area (Å²) >= 11 is 5.91. The van der Waals surface area contributed by atoms with E-state index < -0.39 is 26.7 Å². The summed E-state index contributed by atoms with van der Waals surface area (Å²) in [6.45, 7) is 5.24. The molecule has 1 saturated heterocycles. The molecule has 0 spiro atoms. The van der Waals surface area contributed by atoms with Gasteiger partial charge >= 0.3 is 5.22 Å². The number of piperidine rings is 1. The summed E-state index contributed by atoms with van der Waals surface area (Å²) in [4.78, 5) is 14.0. The first kappa shape index (κ1) is 18.8. The van der Waals surface area contributed by atoms with E-state index in [4.69, 9.17) is 16.0 Å². The third-order valence-electron chi connectivity index (χ3n) is 4.28. The lowest BCUT2D eigenvalue weighted by Gasteiger charge is -2.34. The minimum atomic E-state index is -4.01. The molecule has 26 heavy (non-hydrogen) atoms. The molecule has 140 valence electrons. The van der Waals surface area contributed by atoms with Crippen LogP contribution in [0.1, 0.15) is 20.3 Å². The van der Waals surface area contributed by atoms with E-state index in [1.165, 1.54) is 0 Å². The third-order valence-corrected chi connectivity index (χ3v) is 5.84. The van der Waals surface area contributed by atoms with Crippen molar-refractivity contribution < 1.29 is 17.6 Å². The highest BCUT2D eigenvalue weighted by Crippen LogP contribution is 2.24. The zero-order valence-electron chi connectivity index (χ0n) is 14.6. The minimum Gasteiger partial charge on any atom is -0.408 e. The topological polar surface area (TPSA) is 93.4 Å². The van der Waals surface area contributed by atoms with Gasteiger partial charge < -0.3 is 9.32 Å². The van der Waals surface area contributed by atoms with Crippen LogP contribution >= 0.6 is 11.6 Å². The van der Waals surface area contributed by atoms with Crippen molar-refractivity contribution in [3.63, 3.8) is 0 Å².